The Hall–Kier alpha value is -1.22. The maximum Gasteiger partial charge on any atom is 0.166 e. The maximum absolute atomic E-state index is 9.77. The number of rotatable bonds is 1. The van der Waals surface area contributed by atoms with E-state index in [9.17, 15) is 5.11 Å². The highest BCUT2D eigenvalue weighted by Gasteiger charge is 2.22. The van der Waals surface area contributed by atoms with Crippen molar-refractivity contribution >= 4 is 0 Å². The standard InChI is InChI=1S/C11H14O3/c1-7-5-8-9(12)3-4-14-11(8)10(6-7)13-2/h5-6,9,12H,3-4H2,1-2H3. The normalized spacial score (nSPS) is 19.8. The molecule has 1 atom stereocenters. The van der Waals surface area contributed by atoms with E-state index < -0.39 is 6.10 Å². The zero-order valence-electron chi connectivity index (χ0n) is 8.41. The lowest BCUT2D eigenvalue weighted by Gasteiger charge is -2.24. The van der Waals surface area contributed by atoms with Crippen molar-refractivity contribution in [3.05, 3.63) is 23.3 Å². The Morgan fingerprint density at radius 1 is 1.50 bits per heavy atom. The summed E-state index contributed by atoms with van der Waals surface area (Å²) >= 11 is 0. The molecule has 0 fully saturated rings. The van der Waals surface area contributed by atoms with Crippen LogP contribution in [-0.4, -0.2) is 18.8 Å². The minimum absolute atomic E-state index is 0.424. The molecule has 0 bridgehead atoms. The molecule has 2 rings (SSSR count). The molecule has 1 N–H and O–H groups in total. The average Bonchev–Trinajstić information content (AvgIpc) is 2.18. The summed E-state index contributed by atoms with van der Waals surface area (Å²) in [6, 6.07) is 3.86. The van der Waals surface area contributed by atoms with Crippen LogP contribution in [0.4, 0.5) is 0 Å². The summed E-state index contributed by atoms with van der Waals surface area (Å²) in [5, 5.41) is 9.77. The van der Waals surface area contributed by atoms with Crippen LogP contribution in [0.15, 0.2) is 12.1 Å². The molecule has 0 aromatic heterocycles. The van der Waals surface area contributed by atoms with Gasteiger partial charge >= 0.3 is 0 Å². The van der Waals surface area contributed by atoms with Gasteiger partial charge in [0.05, 0.1) is 19.8 Å². The Morgan fingerprint density at radius 3 is 3.00 bits per heavy atom. The van der Waals surface area contributed by atoms with Gasteiger partial charge in [-0.05, 0) is 24.6 Å². The van der Waals surface area contributed by atoms with E-state index in [2.05, 4.69) is 0 Å². The van der Waals surface area contributed by atoms with Crippen LogP contribution in [0.2, 0.25) is 0 Å². The smallest absolute Gasteiger partial charge is 0.166 e. The average molecular weight is 194 g/mol. The van der Waals surface area contributed by atoms with Crippen LogP contribution < -0.4 is 9.47 Å². The fraction of sp³-hybridized carbons (Fsp3) is 0.455. The molecular weight excluding hydrogens is 180 g/mol. The lowest BCUT2D eigenvalue weighted by molar-refractivity contribution is 0.112. The number of benzene rings is 1. The third kappa shape index (κ3) is 1.44. The maximum atomic E-state index is 9.77. The summed E-state index contributed by atoms with van der Waals surface area (Å²) in [5.41, 5.74) is 1.92. The molecule has 0 saturated heterocycles. The molecule has 1 aliphatic heterocycles. The van der Waals surface area contributed by atoms with Crippen LogP contribution in [0, 0.1) is 6.92 Å². The minimum Gasteiger partial charge on any atom is -0.493 e. The highest BCUT2D eigenvalue weighted by molar-refractivity contribution is 5.51. The van der Waals surface area contributed by atoms with Crippen LogP contribution in [0.1, 0.15) is 23.7 Å². The van der Waals surface area contributed by atoms with Gasteiger partial charge < -0.3 is 14.6 Å². The second-order valence-corrected chi connectivity index (χ2v) is 3.54. The second-order valence-electron chi connectivity index (χ2n) is 3.54. The third-order valence-electron chi connectivity index (χ3n) is 2.44. The fourth-order valence-corrected chi connectivity index (χ4v) is 1.75. The van der Waals surface area contributed by atoms with E-state index in [1.54, 1.807) is 7.11 Å². The summed E-state index contributed by atoms with van der Waals surface area (Å²) in [6.07, 6.45) is 0.229. The molecule has 1 unspecified atom stereocenters. The number of methoxy groups -OCH3 is 1. The SMILES string of the molecule is COc1cc(C)cc2c1OCCC2O. The van der Waals surface area contributed by atoms with E-state index >= 15 is 0 Å². The number of aliphatic hydroxyl groups is 1. The van der Waals surface area contributed by atoms with Gasteiger partial charge in [0.25, 0.3) is 0 Å². The third-order valence-corrected chi connectivity index (χ3v) is 2.44. The molecule has 0 saturated carbocycles. The van der Waals surface area contributed by atoms with Crippen LogP contribution in [0.3, 0.4) is 0 Å². The van der Waals surface area contributed by atoms with E-state index in [-0.39, 0.29) is 0 Å². The number of aryl methyl sites for hydroxylation is 1. The van der Waals surface area contributed by atoms with Gasteiger partial charge in [-0.1, -0.05) is 0 Å². The summed E-state index contributed by atoms with van der Waals surface area (Å²) in [5.74, 6) is 1.40. The molecule has 1 aromatic carbocycles. The molecule has 0 aliphatic carbocycles. The number of hydrogen-bond acceptors (Lipinski definition) is 3. The van der Waals surface area contributed by atoms with Gasteiger partial charge in [-0.2, -0.15) is 0 Å². The van der Waals surface area contributed by atoms with Crippen LogP contribution >= 0.6 is 0 Å². The summed E-state index contributed by atoms with van der Waals surface area (Å²) < 4.78 is 10.7. The largest absolute Gasteiger partial charge is 0.493 e. The van der Waals surface area contributed by atoms with E-state index in [1.807, 2.05) is 19.1 Å². The van der Waals surface area contributed by atoms with E-state index in [4.69, 9.17) is 9.47 Å². The molecule has 1 aliphatic rings. The first-order valence-corrected chi connectivity index (χ1v) is 4.71. The molecule has 14 heavy (non-hydrogen) atoms. The summed E-state index contributed by atoms with van der Waals surface area (Å²) in [4.78, 5) is 0. The lowest BCUT2D eigenvalue weighted by Crippen LogP contribution is -2.14. The topological polar surface area (TPSA) is 38.7 Å². The molecule has 0 spiro atoms. The van der Waals surface area contributed by atoms with Crippen molar-refractivity contribution in [3.8, 4) is 11.5 Å². The monoisotopic (exact) mass is 194 g/mol. The molecule has 0 amide bonds. The summed E-state index contributed by atoms with van der Waals surface area (Å²) in [6.45, 7) is 2.53. The van der Waals surface area contributed by atoms with Crippen molar-refractivity contribution in [3.63, 3.8) is 0 Å². The Balaban J connectivity index is 2.54. The number of fused-ring (bicyclic) bond motifs is 1. The predicted octanol–water partition coefficient (Wildman–Crippen LogP) is 1.82. The Labute approximate surface area is 83.3 Å². The lowest BCUT2D eigenvalue weighted by atomic mass is 10.0. The summed E-state index contributed by atoms with van der Waals surface area (Å²) in [7, 11) is 1.61. The van der Waals surface area contributed by atoms with Gasteiger partial charge in [0.1, 0.15) is 0 Å². The zero-order valence-corrected chi connectivity index (χ0v) is 8.41. The number of ether oxygens (including phenoxy) is 2. The van der Waals surface area contributed by atoms with Crippen molar-refractivity contribution in [2.45, 2.75) is 19.4 Å². The fourth-order valence-electron chi connectivity index (χ4n) is 1.75. The van der Waals surface area contributed by atoms with Gasteiger partial charge in [-0.25, -0.2) is 0 Å². The first-order chi connectivity index (χ1) is 6.72. The quantitative estimate of drug-likeness (QED) is 0.741. The predicted molar refractivity (Wildman–Crippen MR) is 52.8 cm³/mol. The molecule has 1 heterocycles. The van der Waals surface area contributed by atoms with Crippen LogP contribution in [-0.2, 0) is 0 Å². The second kappa shape index (κ2) is 3.50. The molecular formula is C11H14O3. The van der Waals surface area contributed by atoms with Gasteiger partial charge in [0.15, 0.2) is 11.5 Å². The van der Waals surface area contributed by atoms with Crippen molar-refractivity contribution in [1.29, 1.82) is 0 Å². The van der Waals surface area contributed by atoms with E-state index in [0.717, 1.165) is 11.1 Å². The minimum atomic E-state index is -0.424. The van der Waals surface area contributed by atoms with E-state index in [0.29, 0.717) is 24.5 Å². The number of hydrogen-bond donors (Lipinski definition) is 1. The number of aliphatic hydroxyl groups excluding tert-OH is 1. The van der Waals surface area contributed by atoms with E-state index in [1.165, 1.54) is 0 Å². The zero-order chi connectivity index (χ0) is 10.1. The first-order valence-electron chi connectivity index (χ1n) is 4.71. The van der Waals surface area contributed by atoms with Crippen molar-refractivity contribution in [1.82, 2.24) is 0 Å². The van der Waals surface area contributed by atoms with Gasteiger partial charge in [0, 0.05) is 12.0 Å². The Kier molecular flexibility index (Phi) is 2.33. The van der Waals surface area contributed by atoms with Crippen molar-refractivity contribution in [2.24, 2.45) is 0 Å². The molecule has 76 valence electrons. The van der Waals surface area contributed by atoms with Crippen LogP contribution in [0.25, 0.3) is 0 Å². The Bertz CT molecular complexity index is 347. The highest BCUT2D eigenvalue weighted by Crippen LogP contribution is 2.40. The first kappa shape index (κ1) is 9.34. The molecule has 3 nitrogen and oxygen atoms in total. The van der Waals surface area contributed by atoms with Crippen LogP contribution in [0.5, 0.6) is 11.5 Å². The van der Waals surface area contributed by atoms with Gasteiger partial charge in [-0.15, -0.1) is 0 Å². The van der Waals surface area contributed by atoms with Gasteiger partial charge in [-0.3, -0.25) is 0 Å². The molecule has 3 heteroatoms. The molecule has 0 radical (unpaired) electrons. The van der Waals surface area contributed by atoms with Crippen molar-refractivity contribution < 1.29 is 14.6 Å². The highest BCUT2D eigenvalue weighted by atomic mass is 16.5. The Morgan fingerprint density at radius 2 is 2.29 bits per heavy atom. The van der Waals surface area contributed by atoms with Gasteiger partial charge in [0.2, 0.25) is 0 Å². The molecule has 1 aromatic rings. The van der Waals surface area contributed by atoms with Crippen molar-refractivity contribution in [2.75, 3.05) is 13.7 Å².